The summed E-state index contributed by atoms with van der Waals surface area (Å²) in [6, 6.07) is 0.537. The SMILES string of the molecule is CCCC1NCC(=O)N1CCN(C)C(C)C. The third-order valence-corrected chi connectivity index (χ3v) is 3.32. The van der Waals surface area contributed by atoms with Crippen LogP contribution in [0.15, 0.2) is 0 Å². The fourth-order valence-corrected chi connectivity index (χ4v) is 1.93. The van der Waals surface area contributed by atoms with E-state index >= 15 is 0 Å². The molecule has 1 atom stereocenters. The highest BCUT2D eigenvalue weighted by molar-refractivity contribution is 5.80. The second kappa shape index (κ2) is 6.21. The van der Waals surface area contributed by atoms with Crippen molar-refractivity contribution in [3.05, 3.63) is 0 Å². The van der Waals surface area contributed by atoms with Gasteiger partial charge in [0.05, 0.1) is 12.7 Å². The van der Waals surface area contributed by atoms with Crippen LogP contribution in [0.1, 0.15) is 33.6 Å². The van der Waals surface area contributed by atoms with Crippen LogP contribution in [0.4, 0.5) is 0 Å². The molecule has 0 aromatic rings. The molecule has 0 spiro atoms. The van der Waals surface area contributed by atoms with Crippen LogP contribution in [-0.4, -0.2) is 54.6 Å². The van der Waals surface area contributed by atoms with Gasteiger partial charge in [-0.05, 0) is 27.3 Å². The lowest BCUT2D eigenvalue weighted by molar-refractivity contribution is -0.128. The molecule has 0 aromatic heterocycles. The zero-order valence-electron chi connectivity index (χ0n) is 11.0. The van der Waals surface area contributed by atoms with Crippen molar-refractivity contribution >= 4 is 5.91 Å². The molecule has 1 aliphatic rings. The molecule has 16 heavy (non-hydrogen) atoms. The molecule has 0 bridgehead atoms. The molecule has 0 radical (unpaired) electrons. The summed E-state index contributed by atoms with van der Waals surface area (Å²) >= 11 is 0. The van der Waals surface area contributed by atoms with Crippen LogP contribution in [0.2, 0.25) is 0 Å². The van der Waals surface area contributed by atoms with Gasteiger partial charge in [-0.2, -0.15) is 0 Å². The Bertz CT molecular complexity index is 230. The number of nitrogens with one attached hydrogen (secondary N) is 1. The van der Waals surface area contributed by atoms with E-state index in [1.807, 2.05) is 4.90 Å². The maximum Gasteiger partial charge on any atom is 0.237 e. The minimum atomic E-state index is 0.246. The summed E-state index contributed by atoms with van der Waals surface area (Å²) < 4.78 is 0. The van der Waals surface area contributed by atoms with E-state index in [1.54, 1.807) is 0 Å². The van der Waals surface area contributed by atoms with Crippen molar-refractivity contribution in [2.45, 2.75) is 45.8 Å². The van der Waals surface area contributed by atoms with Crippen molar-refractivity contribution in [3.63, 3.8) is 0 Å². The Morgan fingerprint density at radius 1 is 1.56 bits per heavy atom. The first-order valence-corrected chi connectivity index (χ1v) is 6.29. The van der Waals surface area contributed by atoms with Gasteiger partial charge in [-0.3, -0.25) is 10.1 Å². The Labute approximate surface area is 99.0 Å². The summed E-state index contributed by atoms with van der Waals surface area (Å²) in [6.07, 6.45) is 2.43. The van der Waals surface area contributed by atoms with E-state index < -0.39 is 0 Å². The van der Waals surface area contributed by atoms with Gasteiger partial charge in [-0.1, -0.05) is 13.3 Å². The maximum absolute atomic E-state index is 11.7. The standard InChI is InChI=1S/C12H25N3O/c1-5-6-11-13-9-12(16)15(11)8-7-14(4)10(2)3/h10-11,13H,5-9H2,1-4H3. The van der Waals surface area contributed by atoms with Crippen LogP contribution in [0.5, 0.6) is 0 Å². The molecule has 1 amide bonds. The van der Waals surface area contributed by atoms with Gasteiger partial charge in [0.2, 0.25) is 5.91 Å². The minimum absolute atomic E-state index is 0.246. The first-order chi connectivity index (χ1) is 7.56. The van der Waals surface area contributed by atoms with Crippen LogP contribution >= 0.6 is 0 Å². The molecule has 1 heterocycles. The molecule has 0 aromatic carbocycles. The fourth-order valence-electron chi connectivity index (χ4n) is 1.93. The van der Waals surface area contributed by atoms with Crippen molar-refractivity contribution < 1.29 is 4.79 Å². The summed E-state index contributed by atoms with van der Waals surface area (Å²) in [5, 5.41) is 3.27. The highest BCUT2D eigenvalue weighted by Gasteiger charge is 2.29. The van der Waals surface area contributed by atoms with Crippen molar-refractivity contribution in [1.29, 1.82) is 0 Å². The molecule has 4 nitrogen and oxygen atoms in total. The average Bonchev–Trinajstić information content (AvgIpc) is 2.57. The zero-order chi connectivity index (χ0) is 12.1. The van der Waals surface area contributed by atoms with E-state index in [0.717, 1.165) is 25.9 Å². The summed E-state index contributed by atoms with van der Waals surface area (Å²) in [5.41, 5.74) is 0. The summed E-state index contributed by atoms with van der Waals surface area (Å²) in [7, 11) is 2.10. The Morgan fingerprint density at radius 2 is 2.25 bits per heavy atom. The number of carbonyl (C=O) groups excluding carboxylic acids is 1. The number of carbonyl (C=O) groups is 1. The Hall–Kier alpha value is -0.610. The molecular weight excluding hydrogens is 202 g/mol. The van der Waals surface area contributed by atoms with Gasteiger partial charge >= 0.3 is 0 Å². The molecule has 1 N–H and O–H groups in total. The minimum Gasteiger partial charge on any atom is -0.325 e. The van der Waals surface area contributed by atoms with Crippen molar-refractivity contribution in [1.82, 2.24) is 15.1 Å². The molecule has 94 valence electrons. The van der Waals surface area contributed by atoms with E-state index in [9.17, 15) is 4.79 Å². The second-order valence-corrected chi connectivity index (χ2v) is 4.85. The number of likely N-dealkylation sites (N-methyl/N-ethyl adjacent to an activating group) is 1. The smallest absolute Gasteiger partial charge is 0.237 e. The first-order valence-electron chi connectivity index (χ1n) is 6.29. The van der Waals surface area contributed by atoms with Gasteiger partial charge in [0.1, 0.15) is 0 Å². The predicted molar refractivity (Wildman–Crippen MR) is 66.2 cm³/mol. The third-order valence-electron chi connectivity index (χ3n) is 3.32. The molecule has 1 rings (SSSR count). The molecule has 1 unspecified atom stereocenters. The Balaban J connectivity index is 2.41. The van der Waals surface area contributed by atoms with Crippen molar-refractivity contribution in [2.24, 2.45) is 0 Å². The van der Waals surface area contributed by atoms with Gasteiger partial charge in [0, 0.05) is 19.1 Å². The number of amides is 1. The number of hydrogen-bond acceptors (Lipinski definition) is 3. The number of hydrogen-bond donors (Lipinski definition) is 1. The van der Waals surface area contributed by atoms with E-state index in [0.29, 0.717) is 12.6 Å². The van der Waals surface area contributed by atoms with Gasteiger partial charge in [0.15, 0.2) is 0 Å². The quantitative estimate of drug-likeness (QED) is 0.732. The normalized spacial score (nSPS) is 21.5. The first kappa shape index (κ1) is 13.5. The van der Waals surface area contributed by atoms with E-state index in [2.05, 4.69) is 38.0 Å². The van der Waals surface area contributed by atoms with E-state index in [1.165, 1.54) is 0 Å². The number of rotatable bonds is 6. The average molecular weight is 227 g/mol. The van der Waals surface area contributed by atoms with E-state index in [-0.39, 0.29) is 12.1 Å². The third kappa shape index (κ3) is 3.46. The van der Waals surface area contributed by atoms with Gasteiger partial charge in [-0.25, -0.2) is 0 Å². The van der Waals surface area contributed by atoms with Crippen LogP contribution in [0, 0.1) is 0 Å². The van der Waals surface area contributed by atoms with Crippen LogP contribution in [-0.2, 0) is 4.79 Å². The largest absolute Gasteiger partial charge is 0.325 e. The molecule has 1 aliphatic heterocycles. The lowest BCUT2D eigenvalue weighted by atomic mass is 10.2. The summed E-state index contributed by atoms with van der Waals surface area (Å²) in [6.45, 7) is 8.80. The molecule has 4 heteroatoms. The van der Waals surface area contributed by atoms with Gasteiger partial charge in [-0.15, -0.1) is 0 Å². The maximum atomic E-state index is 11.7. The summed E-state index contributed by atoms with van der Waals surface area (Å²) in [4.78, 5) is 15.9. The van der Waals surface area contributed by atoms with Crippen molar-refractivity contribution in [2.75, 3.05) is 26.7 Å². The molecule has 1 fully saturated rings. The number of nitrogens with zero attached hydrogens (tertiary/aromatic N) is 2. The molecule has 0 saturated carbocycles. The Kier molecular flexibility index (Phi) is 5.22. The highest BCUT2D eigenvalue weighted by atomic mass is 16.2. The van der Waals surface area contributed by atoms with Crippen LogP contribution < -0.4 is 5.32 Å². The van der Waals surface area contributed by atoms with Crippen LogP contribution in [0.25, 0.3) is 0 Å². The molecule has 1 saturated heterocycles. The second-order valence-electron chi connectivity index (χ2n) is 4.85. The molecular formula is C12H25N3O. The van der Waals surface area contributed by atoms with Gasteiger partial charge < -0.3 is 9.80 Å². The van der Waals surface area contributed by atoms with E-state index in [4.69, 9.17) is 0 Å². The lowest BCUT2D eigenvalue weighted by Gasteiger charge is -2.28. The van der Waals surface area contributed by atoms with Crippen LogP contribution in [0.3, 0.4) is 0 Å². The predicted octanol–water partition coefficient (Wildman–Crippen LogP) is 0.885. The lowest BCUT2D eigenvalue weighted by Crippen LogP contribution is -2.42. The Morgan fingerprint density at radius 3 is 2.81 bits per heavy atom. The topological polar surface area (TPSA) is 35.6 Å². The monoisotopic (exact) mass is 227 g/mol. The highest BCUT2D eigenvalue weighted by Crippen LogP contribution is 2.10. The zero-order valence-corrected chi connectivity index (χ0v) is 11.0. The molecule has 0 aliphatic carbocycles. The summed E-state index contributed by atoms with van der Waals surface area (Å²) in [5.74, 6) is 0.246. The van der Waals surface area contributed by atoms with Gasteiger partial charge in [0.25, 0.3) is 0 Å². The van der Waals surface area contributed by atoms with Crippen molar-refractivity contribution in [3.8, 4) is 0 Å². The fraction of sp³-hybridized carbons (Fsp3) is 0.917.